The van der Waals surface area contributed by atoms with Crippen LogP contribution < -0.4 is 10.6 Å². The van der Waals surface area contributed by atoms with E-state index >= 15 is 0 Å². The molecular weight excluding hydrogens is 480 g/mol. The van der Waals surface area contributed by atoms with Crippen molar-refractivity contribution in [1.29, 1.82) is 0 Å². The first kappa shape index (κ1) is 25.0. The maximum Gasteiger partial charge on any atom is 0.293 e. The molecule has 0 atom stereocenters. The number of halogens is 3. The molecule has 1 fully saturated rings. The van der Waals surface area contributed by atoms with Crippen LogP contribution in [-0.4, -0.2) is 39.4 Å². The van der Waals surface area contributed by atoms with Crippen LogP contribution in [0, 0.1) is 13.8 Å². The quantitative estimate of drug-likeness (QED) is 0.430. The van der Waals surface area contributed by atoms with Crippen molar-refractivity contribution < 1.29 is 28.0 Å². The van der Waals surface area contributed by atoms with Crippen LogP contribution in [0.15, 0.2) is 18.2 Å². The molecule has 0 spiro atoms. The number of anilines is 1. The molecule has 1 aromatic heterocycles. The number of alkyl halides is 2. The number of amides is 2. The molecule has 1 aromatic carbocycles. The first-order chi connectivity index (χ1) is 16.4. The number of Topliss-reactive ketones (excluding diaryl/α,β-unsaturated/α-hetero) is 2. The summed E-state index contributed by atoms with van der Waals surface area (Å²) in [5.41, 5.74) is 0.793. The first-order valence-corrected chi connectivity index (χ1v) is 11.8. The van der Waals surface area contributed by atoms with Gasteiger partial charge in [0.15, 0.2) is 5.78 Å². The van der Waals surface area contributed by atoms with Gasteiger partial charge < -0.3 is 15.2 Å². The number of hydrogen-bond acceptors (Lipinski definition) is 4. The van der Waals surface area contributed by atoms with Crippen molar-refractivity contribution in [1.82, 2.24) is 9.88 Å². The average molecular weight is 506 g/mol. The number of nitrogens with one attached hydrogen (secondary N) is 2. The number of carbonyl (C=O) groups is 4. The van der Waals surface area contributed by atoms with Crippen molar-refractivity contribution in [2.75, 3.05) is 5.32 Å². The fourth-order valence-electron chi connectivity index (χ4n) is 5.09. The Hall–Kier alpha value is -3.07. The number of ketones is 2. The second-order valence-electron chi connectivity index (χ2n) is 9.32. The SMILES string of the molecule is CCC(=O)C1(NC(=O)C(=O)c2c(C)c(C(=O)Nc3ccc(C)c(Cl)c3)n3c2CCC3)CC(F)(F)C1. The lowest BCUT2D eigenvalue weighted by molar-refractivity contribution is -0.163. The fraction of sp³-hybridized carbons (Fsp3) is 0.440. The average Bonchev–Trinajstić information content (AvgIpc) is 3.33. The van der Waals surface area contributed by atoms with Crippen molar-refractivity contribution >= 4 is 40.7 Å². The number of carbonyl (C=O) groups excluding carboxylic acids is 4. The monoisotopic (exact) mass is 505 g/mol. The van der Waals surface area contributed by atoms with E-state index in [-0.39, 0.29) is 17.7 Å². The lowest BCUT2D eigenvalue weighted by Crippen LogP contribution is -2.67. The van der Waals surface area contributed by atoms with Gasteiger partial charge in [-0.25, -0.2) is 8.78 Å². The van der Waals surface area contributed by atoms with Gasteiger partial charge in [-0.3, -0.25) is 19.2 Å². The molecule has 1 saturated carbocycles. The molecule has 2 N–H and O–H groups in total. The van der Waals surface area contributed by atoms with E-state index in [1.807, 2.05) is 6.92 Å². The van der Waals surface area contributed by atoms with Crippen LogP contribution in [0.5, 0.6) is 0 Å². The topological polar surface area (TPSA) is 97.3 Å². The molecule has 2 amide bonds. The summed E-state index contributed by atoms with van der Waals surface area (Å²) in [5, 5.41) is 5.57. The molecule has 0 saturated heterocycles. The van der Waals surface area contributed by atoms with Crippen LogP contribution in [0.1, 0.15) is 70.3 Å². The van der Waals surface area contributed by atoms with Gasteiger partial charge >= 0.3 is 0 Å². The van der Waals surface area contributed by atoms with Gasteiger partial charge in [0.25, 0.3) is 23.5 Å². The maximum absolute atomic E-state index is 13.6. The molecule has 1 aliphatic carbocycles. The van der Waals surface area contributed by atoms with Gasteiger partial charge in [-0.1, -0.05) is 24.6 Å². The standard InChI is InChI=1S/C25H26ClF2N3O4/c1-4-18(32)24(11-25(27,28)12-24)30-23(35)21(33)19-14(3)20(31-9-5-6-17(19)31)22(34)29-15-8-7-13(2)16(26)10-15/h7-8,10H,4-6,9,11-12H2,1-3H3,(H,29,34)(H,30,35). The highest BCUT2D eigenvalue weighted by atomic mass is 35.5. The van der Waals surface area contributed by atoms with Crippen molar-refractivity contribution in [2.45, 2.75) is 70.9 Å². The van der Waals surface area contributed by atoms with Crippen LogP contribution in [0.3, 0.4) is 0 Å². The molecule has 1 aliphatic heterocycles. The summed E-state index contributed by atoms with van der Waals surface area (Å²) < 4.78 is 29.0. The molecule has 10 heteroatoms. The molecule has 2 aliphatic rings. The van der Waals surface area contributed by atoms with E-state index in [2.05, 4.69) is 10.6 Å². The number of nitrogens with zero attached hydrogens (tertiary/aromatic N) is 1. The zero-order valence-electron chi connectivity index (χ0n) is 19.7. The zero-order chi connectivity index (χ0) is 25.7. The molecule has 2 aromatic rings. The van der Waals surface area contributed by atoms with E-state index in [1.54, 1.807) is 29.7 Å². The Morgan fingerprint density at radius 2 is 1.83 bits per heavy atom. The summed E-state index contributed by atoms with van der Waals surface area (Å²) in [7, 11) is 0. The van der Waals surface area contributed by atoms with Gasteiger partial charge in [0.2, 0.25) is 0 Å². The van der Waals surface area contributed by atoms with Gasteiger partial charge in [-0.15, -0.1) is 0 Å². The smallest absolute Gasteiger partial charge is 0.293 e. The van der Waals surface area contributed by atoms with E-state index in [1.165, 1.54) is 6.92 Å². The minimum atomic E-state index is -3.07. The number of hydrogen-bond donors (Lipinski definition) is 2. The van der Waals surface area contributed by atoms with E-state index in [9.17, 15) is 28.0 Å². The number of fused-ring (bicyclic) bond motifs is 1. The van der Waals surface area contributed by atoms with Crippen LogP contribution in [-0.2, 0) is 22.6 Å². The summed E-state index contributed by atoms with van der Waals surface area (Å²) in [6, 6.07) is 5.10. The second-order valence-corrected chi connectivity index (χ2v) is 9.73. The number of benzene rings is 1. The Kier molecular flexibility index (Phi) is 6.34. The van der Waals surface area contributed by atoms with Crippen LogP contribution >= 0.6 is 11.6 Å². The predicted octanol–water partition coefficient (Wildman–Crippen LogP) is 4.40. The van der Waals surface area contributed by atoms with Crippen LogP contribution in [0.25, 0.3) is 0 Å². The predicted molar refractivity (Wildman–Crippen MR) is 126 cm³/mol. The zero-order valence-corrected chi connectivity index (χ0v) is 20.4. The van der Waals surface area contributed by atoms with E-state index in [0.717, 1.165) is 5.56 Å². The molecule has 0 radical (unpaired) electrons. The number of rotatable bonds is 7. The molecule has 2 heterocycles. The molecule has 0 unspecified atom stereocenters. The third-order valence-corrected chi connectivity index (χ3v) is 7.22. The summed E-state index contributed by atoms with van der Waals surface area (Å²) in [6.07, 6.45) is -0.538. The highest BCUT2D eigenvalue weighted by molar-refractivity contribution is 6.44. The summed E-state index contributed by atoms with van der Waals surface area (Å²) in [6.45, 7) is 5.43. The molecule has 35 heavy (non-hydrogen) atoms. The van der Waals surface area contributed by atoms with Crippen molar-refractivity contribution in [2.24, 2.45) is 0 Å². The van der Waals surface area contributed by atoms with Gasteiger partial charge in [0.05, 0.1) is 5.56 Å². The lowest BCUT2D eigenvalue weighted by Gasteiger charge is -2.46. The van der Waals surface area contributed by atoms with E-state index < -0.39 is 47.7 Å². The number of aryl methyl sites for hydroxylation is 1. The van der Waals surface area contributed by atoms with Gasteiger partial charge in [0.1, 0.15) is 11.2 Å². The fourth-order valence-corrected chi connectivity index (χ4v) is 5.27. The van der Waals surface area contributed by atoms with Crippen LogP contribution in [0.4, 0.5) is 14.5 Å². The Balaban J connectivity index is 1.62. The summed E-state index contributed by atoms with van der Waals surface area (Å²) >= 11 is 6.15. The molecule has 4 rings (SSSR count). The summed E-state index contributed by atoms with van der Waals surface area (Å²) in [5.74, 6) is -6.13. The van der Waals surface area contributed by atoms with Crippen LogP contribution in [0.2, 0.25) is 5.02 Å². The lowest BCUT2D eigenvalue weighted by atomic mass is 9.69. The largest absolute Gasteiger partial charge is 0.340 e. The van der Waals surface area contributed by atoms with Crippen molar-refractivity contribution in [3.63, 3.8) is 0 Å². The van der Waals surface area contributed by atoms with E-state index in [0.29, 0.717) is 41.4 Å². The number of aromatic nitrogens is 1. The minimum absolute atomic E-state index is 0.0431. The first-order valence-electron chi connectivity index (χ1n) is 11.5. The Morgan fingerprint density at radius 1 is 1.14 bits per heavy atom. The maximum atomic E-state index is 13.6. The third-order valence-electron chi connectivity index (χ3n) is 6.82. The van der Waals surface area contributed by atoms with Gasteiger partial charge in [-0.2, -0.15) is 0 Å². The third kappa shape index (κ3) is 4.37. The molecule has 186 valence electrons. The van der Waals surface area contributed by atoms with Gasteiger partial charge in [-0.05, 0) is 49.9 Å². The highest BCUT2D eigenvalue weighted by Crippen LogP contribution is 2.46. The second kappa shape index (κ2) is 8.86. The highest BCUT2D eigenvalue weighted by Gasteiger charge is 2.61. The molecule has 0 bridgehead atoms. The minimum Gasteiger partial charge on any atom is -0.340 e. The molecular formula is C25H26ClF2N3O4. The normalized spacial score (nSPS) is 17.3. The summed E-state index contributed by atoms with van der Waals surface area (Å²) in [4.78, 5) is 51.6. The Morgan fingerprint density at radius 3 is 2.43 bits per heavy atom. The Labute approximate surface area is 206 Å². The Bertz CT molecular complexity index is 1260. The van der Waals surface area contributed by atoms with Crippen molar-refractivity contribution in [3.8, 4) is 0 Å². The van der Waals surface area contributed by atoms with E-state index in [4.69, 9.17) is 11.6 Å². The molecule has 7 nitrogen and oxygen atoms in total. The van der Waals surface area contributed by atoms with Crippen molar-refractivity contribution in [3.05, 3.63) is 51.3 Å². The van der Waals surface area contributed by atoms with Gasteiger partial charge in [0, 0.05) is 42.2 Å².